The van der Waals surface area contributed by atoms with Gasteiger partial charge in [-0.3, -0.25) is 0 Å². The fraction of sp³-hybridized carbons (Fsp3) is 0.500. The number of aliphatic hydroxyl groups is 1. The standard InChI is InChI=1S/C12H18O/c1-3-9-12(13,10-4-2)11-7-5-6-8-11/h3-4,7,13H,1-2,5-6,8-10H2. The van der Waals surface area contributed by atoms with Crippen molar-refractivity contribution in [1.29, 1.82) is 0 Å². The minimum absolute atomic E-state index is 0.630. The van der Waals surface area contributed by atoms with Crippen molar-refractivity contribution in [2.75, 3.05) is 0 Å². The summed E-state index contributed by atoms with van der Waals surface area (Å²) in [5.41, 5.74) is 0.479. The molecule has 1 N–H and O–H groups in total. The lowest BCUT2D eigenvalue weighted by atomic mass is 9.86. The highest BCUT2D eigenvalue weighted by atomic mass is 16.3. The summed E-state index contributed by atoms with van der Waals surface area (Å²) in [5.74, 6) is 0. The van der Waals surface area contributed by atoms with Gasteiger partial charge < -0.3 is 5.11 Å². The van der Waals surface area contributed by atoms with E-state index < -0.39 is 5.60 Å². The third-order valence-electron chi connectivity index (χ3n) is 2.60. The second-order valence-electron chi connectivity index (χ2n) is 3.64. The lowest BCUT2D eigenvalue weighted by molar-refractivity contribution is 0.0823. The van der Waals surface area contributed by atoms with E-state index in [0.29, 0.717) is 12.8 Å². The van der Waals surface area contributed by atoms with Crippen molar-refractivity contribution < 1.29 is 5.11 Å². The summed E-state index contributed by atoms with van der Waals surface area (Å²) >= 11 is 0. The van der Waals surface area contributed by atoms with E-state index in [4.69, 9.17) is 0 Å². The molecule has 0 saturated carbocycles. The van der Waals surface area contributed by atoms with E-state index in [2.05, 4.69) is 19.2 Å². The highest BCUT2D eigenvalue weighted by Gasteiger charge is 2.29. The average Bonchev–Trinajstić information content (AvgIpc) is 2.57. The fourth-order valence-electron chi connectivity index (χ4n) is 1.92. The van der Waals surface area contributed by atoms with E-state index >= 15 is 0 Å². The zero-order chi connectivity index (χ0) is 9.73. The molecule has 0 aromatic carbocycles. The molecule has 0 amide bonds. The molecule has 0 unspecified atom stereocenters. The number of hydrogen-bond donors (Lipinski definition) is 1. The number of hydrogen-bond acceptors (Lipinski definition) is 1. The van der Waals surface area contributed by atoms with Crippen LogP contribution in [0.1, 0.15) is 32.1 Å². The topological polar surface area (TPSA) is 20.2 Å². The summed E-state index contributed by atoms with van der Waals surface area (Å²) in [6, 6.07) is 0. The molecule has 0 aromatic rings. The van der Waals surface area contributed by atoms with Crippen LogP contribution in [0.25, 0.3) is 0 Å². The molecule has 0 heterocycles. The van der Waals surface area contributed by atoms with Crippen molar-refractivity contribution >= 4 is 0 Å². The van der Waals surface area contributed by atoms with Gasteiger partial charge in [0.05, 0.1) is 5.60 Å². The lowest BCUT2D eigenvalue weighted by Gasteiger charge is -2.27. The molecule has 0 fully saturated rings. The Morgan fingerprint density at radius 1 is 1.38 bits per heavy atom. The van der Waals surface area contributed by atoms with Crippen LogP contribution < -0.4 is 0 Å². The SMILES string of the molecule is C=CCC(O)(CC=C)C1=CCCC1. The molecule has 0 spiro atoms. The Labute approximate surface area is 80.5 Å². The Morgan fingerprint density at radius 3 is 2.38 bits per heavy atom. The maximum Gasteiger partial charge on any atom is 0.0925 e. The van der Waals surface area contributed by atoms with E-state index in [1.54, 1.807) is 12.2 Å². The highest BCUT2D eigenvalue weighted by molar-refractivity contribution is 5.22. The first-order chi connectivity index (χ1) is 6.23. The van der Waals surface area contributed by atoms with E-state index in [9.17, 15) is 5.11 Å². The van der Waals surface area contributed by atoms with Crippen LogP contribution in [0.2, 0.25) is 0 Å². The molecule has 1 heteroatoms. The van der Waals surface area contributed by atoms with Gasteiger partial charge in [-0.15, -0.1) is 13.2 Å². The minimum atomic E-state index is -0.694. The Hall–Kier alpha value is -0.820. The van der Waals surface area contributed by atoms with E-state index in [0.717, 1.165) is 12.8 Å². The van der Waals surface area contributed by atoms with Crippen LogP contribution in [-0.2, 0) is 0 Å². The quantitative estimate of drug-likeness (QED) is 0.642. The Morgan fingerprint density at radius 2 is 2.00 bits per heavy atom. The molecule has 0 atom stereocenters. The summed E-state index contributed by atoms with van der Waals surface area (Å²) in [5, 5.41) is 10.3. The first-order valence-corrected chi connectivity index (χ1v) is 4.86. The summed E-state index contributed by atoms with van der Waals surface area (Å²) in [6.07, 6.45) is 10.3. The van der Waals surface area contributed by atoms with E-state index in [-0.39, 0.29) is 0 Å². The van der Waals surface area contributed by atoms with Crippen LogP contribution in [0.15, 0.2) is 37.0 Å². The van der Waals surface area contributed by atoms with Gasteiger partial charge in [-0.05, 0) is 37.7 Å². The van der Waals surface area contributed by atoms with Crippen LogP contribution in [-0.4, -0.2) is 10.7 Å². The van der Waals surface area contributed by atoms with Crippen molar-refractivity contribution in [2.45, 2.75) is 37.7 Å². The van der Waals surface area contributed by atoms with Crippen molar-refractivity contribution in [3.8, 4) is 0 Å². The van der Waals surface area contributed by atoms with Crippen LogP contribution >= 0.6 is 0 Å². The van der Waals surface area contributed by atoms with Gasteiger partial charge in [0, 0.05) is 0 Å². The van der Waals surface area contributed by atoms with Gasteiger partial charge in [-0.25, -0.2) is 0 Å². The third kappa shape index (κ3) is 2.31. The first-order valence-electron chi connectivity index (χ1n) is 4.86. The molecule has 0 bridgehead atoms. The second-order valence-corrected chi connectivity index (χ2v) is 3.64. The molecule has 0 aliphatic heterocycles. The third-order valence-corrected chi connectivity index (χ3v) is 2.60. The van der Waals surface area contributed by atoms with Gasteiger partial charge in [0.2, 0.25) is 0 Å². The molecular weight excluding hydrogens is 160 g/mol. The van der Waals surface area contributed by atoms with Crippen molar-refractivity contribution in [1.82, 2.24) is 0 Å². The van der Waals surface area contributed by atoms with Crippen molar-refractivity contribution in [3.63, 3.8) is 0 Å². The maximum atomic E-state index is 10.3. The molecule has 1 aliphatic rings. The highest BCUT2D eigenvalue weighted by Crippen LogP contribution is 2.33. The summed E-state index contributed by atoms with van der Waals surface area (Å²) in [7, 11) is 0. The molecule has 1 rings (SSSR count). The smallest absolute Gasteiger partial charge is 0.0925 e. The Balaban J connectivity index is 2.74. The van der Waals surface area contributed by atoms with Crippen molar-refractivity contribution in [2.24, 2.45) is 0 Å². The second kappa shape index (κ2) is 4.43. The summed E-state index contributed by atoms with van der Waals surface area (Å²) in [4.78, 5) is 0. The molecule has 0 aromatic heterocycles. The van der Waals surface area contributed by atoms with Gasteiger partial charge in [0.1, 0.15) is 0 Å². The number of allylic oxidation sites excluding steroid dienone is 1. The van der Waals surface area contributed by atoms with E-state index in [1.807, 2.05) is 0 Å². The fourth-order valence-corrected chi connectivity index (χ4v) is 1.92. The monoisotopic (exact) mass is 178 g/mol. The van der Waals surface area contributed by atoms with Crippen LogP contribution in [0.4, 0.5) is 0 Å². The molecule has 1 aliphatic carbocycles. The zero-order valence-corrected chi connectivity index (χ0v) is 8.13. The normalized spacial score (nSPS) is 16.8. The van der Waals surface area contributed by atoms with Crippen molar-refractivity contribution in [3.05, 3.63) is 37.0 Å². The Bertz CT molecular complexity index is 215. The van der Waals surface area contributed by atoms with Gasteiger partial charge in [0.15, 0.2) is 0 Å². The molecular formula is C12H18O. The summed E-state index contributed by atoms with van der Waals surface area (Å²) < 4.78 is 0. The van der Waals surface area contributed by atoms with E-state index in [1.165, 1.54) is 12.0 Å². The predicted molar refractivity (Wildman–Crippen MR) is 56.5 cm³/mol. The molecule has 13 heavy (non-hydrogen) atoms. The molecule has 0 radical (unpaired) electrons. The van der Waals surface area contributed by atoms with Gasteiger partial charge in [0.25, 0.3) is 0 Å². The average molecular weight is 178 g/mol. The Kier molecular flexibility index (Phi) is 3.49. The largest absolute Gasteiger partial charge is 0.385 e. The van der Waals surface area contributed by atoms with Gasteiger partial charge in [-0.2, -0.15) is 0 Å². The number of rotatable bonds is 5. The zero-order valence-electron chi connectivity index (χ0n) is 8.13. The van der Waals surface area contributed by atoms with Crippen LogP contribution in [0, 0.1) is 0 Å². The van der Waals surface area contributed by atoms with Crippen LogP contribution in [0.5, 0.6) is 0 Å². The van der Waals surface area contributed by atoms with Gasteiger partial charge >= 0.3 is 0 Å². The lowest BCUT2D eigenvalue weighted by Crippen LogP contribution is -2.29. The molecule has 0 saturated heterocycles. The maximum absolute atomic E-state index is 10.3. The summed E-state index contributed by atoms with van der Waals surface area (Å²) in [6.45, 7) is 7.36. The minimum Gasteiger partial charge on any atom is -0.385 e. The van der Waals surface area contributed by atoms with Gasteiger partial charge in [-0.1, -0.05) is 18.2 Å². The van der Waals surface area contributed by atoms with Crippen LogP contribution in [0.3, 0.4) is 0 Å². The molecule has 72 valence electrons. The first kappa shape index (κ1) is 10.3. The molecule has 1 nitrogen and oxygen atoms in total. The predicted octanol–water partition coefficient (Wildman–Crippen LogP) is 2.98.